The second kappa shape index (κ2) is 8.62. The van der Waals surface area contributed by atoms with Crippen molar-refractivity contribution in [1.82, 2.24) is 0 Å². The lowest BCUT2D eigenvalue weighted by atomic mass is 9.94. The summed E-state index contributed by atoms with van der Waals surface area (Å²) >= 11 is 0. The zero-order valence-corrected chi connectivity index (χ0v) is 17.8. The molecule has 34 heavy (non-hydrogen) atoms. The van der Waals surface area contributed by atoms with Crippen LogP contribution < -0.4 is 4.90 Å². The van der Waals surface area contributed by atoms with Crippen LogP contribution in [0.2, 0.25) is 0 Å². The minimum Gasteiger partial charge on any atom is -0.507 e. The maximum atomic E-state index is 13.1. The van der Waals surface area contributed by atoms with Gasteiger partial charge in [0.2, 0.25) is 0 Å². The molecule has 1 saturated heterocycles. The van der Waals surface area contributed by atoms with Crippen molar-refractivity contribution in [2.45, 2.75) is 13.0 Å². The fourth-order valence-electron chi connectivity index (χ4n) is 3.85. The summed E-state index contributed by atoms with van der Waals surface area (Å²) in [6.07, 6.45) is 0. The molecule has 0 spiro atoms. The van der Waals surface area contributed by atoms with E-state index in [1.807, 2.05) is 6.92 Å². The number of non-ortho nitro benzene ring substituents is 1. The second-order valence-electron chi connectivity index (χ2n) is 7.74. The number of carbonyl (C=O) groups is 3. The summed E-state index contributed by atoms with van der Waals surface area (Å²) < 4.78 is 0. The van der Waals surface area contributed by atoms with E-state index in [1.54, 1.807) is 24.3 Å². The number of benzene rings is 3. The molecule has 0 aromatic heterocycles. The molecule has 0 radical (unpaired) electrons. The third kappa shape index (κ3) is 3.90. The number of nitro benzene ring substituents is 1. The van der Waals surface area contributed by atoms with Crippen LogP contribution in [0.5, 0.6) is 0 Å². The van der Waals surface area contributed by atoms with Crippen LogP contribution in [-0.4, -0.2) is 32.8 Å². The molecule has 3 aromatic carbocycles. The Balaban J connectivity index is 1.94. The zero-order valence-electron chi connectivity index (χ0n) is 17.8. The first-order chi connectivity index (χ1) is 16.2. The van der Waals surface area contributed by atoms with Crippen LogP contribution in [0, 0.1) is 17.0 Å². The maximum Gasteiger partial charge on any atom is 0.335 e. The highest BCUT2D eigenvalue weighted by atomic mass is 16.6. The van der Waals surface area contributed by atoms with Crippen molar-refractivity contribution in [1.29, 1.82) is 0 Å². The molecular formula is C25H18N2O7. The quantitative estimate of drug-likeness (QED) is 0.192. The van der Waals surface area contributed by atoms with E-state index >= 15 is 0 Å². The van der Waals surface area contributed by atoms with Gasteiger partial charge in [-0.2, -0.15) is 0 Å². The number of Topliss-reactive ketones (excluding diaryl/α,β-unsaturated/α-hetero) is 1. The molecule has 2 N–H and O–H groups in total. The number of ketones is 1. The summed E-state index contributed by atoms with van der Waals surface area (Å²) in [6.45, 7) is 1.86. The fraction of sp³-hybridized carbons (Fsp3) is 0.0800. The van der Waals surface area contributed by atoms with E-state index in [0.29, 0.717) is 11.1 Å². The van der Waals surface area contributed by atoms with E-state index in [-0.39, 0.29) is 22.5 Å². The number of nitrogens with zero attached hydrogens (tertiary/aromatic N) is 2. The maximum absolute atomic E-state index is 13.1. The Bertz CT molecular complexity index is 1360. The number of rotatable bonds is 5. The minimum absolute atomic E-state index is 0.0969. The second-order valence-corrected chi connectivity index (χ2v) is 7.74. The molecule has 1 aliphatic rings. The molecule has 0 bridgehead atoms. The highest BCUT2D eigenvalue weighted by molar-refractivity contribution is 6.51. The summed E-state index contributed by atoms with van der Waals surface area (Å²) in [7, 11) is 0. The van der Waals surface area contributed by atoms with Crippen LogP contribution in [0.4, 0.5) is 11.4 Å². The van der Waals surface area contributed by atoms with Crippen molar-refractivity contribution in [3.8, 4) is 0 Å². The van der Waals surface area contributed by atoms with Gasteiger partial charge in [-0.25, -0.2) is 4.79 Å². The number of carboxylic acids is 1. The molecule has 9 heteroatoms. The van der Waals surface area contributed by atoms with E-state index in [4.69, 9.17) is 0 Å². The van der Waals surface area contributed by atoms with Crippen molar-refractivity contribution in [2.75, 3.05) is 4.90 Å². The van der Waals surface area contributed by atoms with Crippen LogP contribution >= 0.6 is 0 Å². The van der Waals surface area contributed by atoms with Crippen LogP contribution in [0.25, 0.3) is 5.76 Å². The first-order valence-corrected chi connectivity index (χ1v) is 10.1. The van der Waals surface area contributed by atoms with Crippen LogP contribution in [0.3, 0.4) is 0 Å². The monoisotopic (exact) mass is 458 g/mol. The number of hydrogen-bond acceptors (Lipinski definition) is 6. The van der Waals surface area contributed by atoms with E-state index in [2.05, 4.69) is 0 Å². The number of aryl methyl sites for hydroxylation is 1. The molecule has 0 aliphatic carbocycles. The molecule has 1 amide bonds. The van der Waals surface area contributed by atoms with Gasteiger partial charge in [-0.15, -0.1) is 0 Å². The Hall–Kier alpha value is -4.79. The fourth-order valence-corrected chi connectivity index (χ4v) is 3.85. The largest absolute Gasteiger partial charge is 0.507 e. The van der Waals surface area contributed by atoms with E-state index in [9.17, 15) is 34.7 Å². The Labute approximate surface area is 193 Å². The van der Waals surface area contributed by atoms with Crippen LogP contribution in [0.15, 0.2) is 78.4 Å². The summed E-state index contributed by atoms with van der Waals surface area (Å²) in [5.74, 6) is -3.54. The van der Waals surface area contributed by atoms with Crippen molar-refractivity contribution < 1.29 is 29.5 Å². The number of anilines is 1. The molecule has 9 nitrogen and oxygen atoms in total. The molecule has 1 aliphatic heterocycles. The summed E-state index contributed by atoms with van der Waals surface area (Å²) in [6, 6.07) is 16.3. The average Bonchev–Trinajstić information content (AvgIpc) is 3.09. The molecule has 3 aromatic rings. The van der Waals surface area contributed by atoms with Gasteiger partial charge in [0.1, 0.15) is 5.76 Å². The van der Waals surface area contributed by atoms with Gasteiger partial charge in [0, 0.05) is 23.4 Å². The number of hydrogen-bond donors (Lipinski definition) is 2. The molecular weight excluding hydrogens is 440 g/mol. The smallest absolute Gasteiger partial charge is 0.335 e. The molecule has 1 fully saturated rings. The summed E-state index contributed by atoms with van der Waals surface area (Å²) in [4.78, 5) is 49.3. The molecule has 1 atom stereocenters. The number of carbonyl (C=O) groups excluding carboxylic acids is 2. The topological polar surface area (TPSA) is 138 Å². The van der Waals surface area contributed by atoms with Gasteiger partial charge in [-0.05, 0) is 42.8 Å². The Morgan fingerprint density at radius 2 is 1.59 bits per heavy atom. The molecule has 4 rings (SSSR count). The van der Waals surface area contributed by atoms with Crippen LogP contribution in [-0.2, 0) is 9.59 Å². The predicted octanol–water partition coefficient (Wildman–Crippen LogP) is 4.23. The number of aliphatic hydroxyl groups excluding tert-OH is 1. The Morgan fingerprint density at radius 3 is 2.18 bits per heavy atom. The molecule has 1 unspecified atom stereocenters. The Kier molecular flexibility index (Phi) is 5.68. The standard InChI is InChI=1S/C25H18N2O7/c1-14-5-7-16(8-6-14)22(28)20-21(15-9-11-18(12-10-15)27(33)34)26(24(30)23(20)29)19-4-2-3-17(13-19)25(31)32/h2-13,21,28H,1H3,(H,31,32)/b22-20-. The van der Waals surface area contributed by atoms with Crippen molar-refractivity contribution in [3.63, 3.8) is 0 Å². The lowest BCUT2D eigenvalue weighted by Gasteiger charge is -2.25. The Morgan fingerprint density at radius 1 is 0.941 bits per heavy atom. The lowest BCUT2D eigenvalue weighted by Crippen LogP contribution is -2.29. The lowest BCUT2D eigenvalue weighted by molar-refractivity contribution is -0.384. The van der Waals surface area contributed by atoms with Gasteiger partial charge in [-0.3, -0.25) is 24.6 Å². The minimum atomic E-state index is -1.22. The van der Waals surface area contributed by atoms with Gasteiger partial charge < -0.3 is 10.2 Å². The molecule has 0 saturated carbocycles. The predicted molar refractivity (Wildman–Crippen MR) is 122 cm³/mol. The average molecular weight is 458 g/mol. The SMILES string of the molecule is Cc1ccc(/C(O)=C2/C(=O)C(=O)N(c3cccc(C(=O)O)c3)C2c2ccc([N+](=O)[O-])cc2)cc1. The van der Waals surface area contributed by atoms with Gasteiger partial charge in [0.25, 0.3) is 17.4 Å². The number of carboxylic acid groups (broad SMARTS) is 1. The van der Waals surface area contributed by atoms with E-state index in [1.165, 1.54) is 48.5 Å². The highest BCUT2D eigenvalue weighted by Crippen LogP contribution is 2.42. The van der Waals surface area contributed by atoms with Gasteiger partial charge in [-0.1, -0.05) is 35.9 Å². The first-order valence-electron chi connectivity index (χ1n) is 10.1. The number of nitro groups is 1. The van der Waals surface area contributed by atoms with E-state index in [0.717, 1.165) is 10.5 Å². The van der Waals surface area contributed by atoms with Gasteiger partial charge in [0.15, 0.2) is 0 Å². The third-order valence-corrected chi connectivity index (χ3v) is 5.56. The highest BCUT2D eigenvalue weighted by Gasteiger charge is 2.47. The van der Waals surface area contributed by atoms with Gasteiger partial charge >= 0.3 is 5.97 Å². The summed E-state index contributed by atoms with van der Waals surface area (Å²) in [5.41, 5.74) is 1.22. The van der Waals surface area contributed by atoms with Crippen molar-refractivity contribution >= 4 is 34.8 Å². The number of aliphatic hydroxyl groups is 1. The van der Waals surface area contributed by atoms with Crippen LogP contribution in [0.1, 0.15) is 33.1 Å². The molecule has 1 heterocycles. The summed E-state index contributed by atoms with van der Waals surface area (Å²) in [5, 5.41) is 31.5. The zero-order chi connectivity index (χ0) is 24.6. The van der Waals surface area contributed by atoms with Crippen molar-refractivity contribution in [3.05, 3.63) is 111 Å². The molecule has 170 valence electrons. The normalized spacial score (nSPS) is 17.1. The number of aromatic carboxylic acids is 1. The van der Waals surface area contributed by atoms with Gasteiger partial charge in [0.05, 0.1) is 22.1 Å². The first kappa shape index (κ1) is 22.4. The van der Waals surface area contributed by atoms with E-state index < -0.39 is 34.4 Å². The third-order valence-electron chi connectivity index (χ3n) is 5.56. The van der Waals surface area contributed by atoms with Crippen molar-refractivity contribution in [2.24, 2.45) is 0 Å². The number of amides is 1.